The standard InChI is InChI=1S/C54H44N6/c1-51(2,3)53(39-21-15-27-55-47(39)49-41(53)29-33(31-57-49)59-43-23-11-7-17-35(43)36-18-8-12-24-44(36)59)54(52(4,5)6)40-22-16-28-56-48(40)50-42(54)30-34(32-58-50)60-45-25-13-9-19-37(45)38-20-10-14-26-46(38)60/h7-32H,1-6H3. The van der Waals surface area contributed by atoms with Crippen LogP contribution in [0.1, 0.15) is 63.8 Å². The minimum Gasteiger partial charge on any atom is -0.308 e. The van der Waals surface area contributed by atoms with Crippen molar-refractivity contribution >= 4 is 43.6 Å². The molecule has 6 heterocycles. The van der Waals surface area contributed by atoms with E-state index in [9.17, 15) is 0 Å². The zero-order valence-corrected chi connectivity index (χ0v) is 34.7. The maximum atomic E-state index is 5.48. The van der Waals surface area contributed by atoms with Crippen molar-refractivity contribution in [3.05, 3.63) is 181 Å². The maximum Gasteiger partial charge on any atom is 0.0932 e. The summed E-state index contributed by atoms with van der Waals surface area (Å²) in [4.78, 5) is 21.4. The first-order valence-corrected chi connectivity index (χ1v) is 21.0. The van der Waals surface area contributed by atoms with Crippen LogP contribution in [0.4, 0.5) is 0 Å². The third kappa shape index (κ3) is 4.13. The molecule has 290 valence electrons. The molecule has 60 heavy (non-hydrogen) atoms. The van der Waals surface area contributed by atoms with E-state index >= 15 is 0 Å². The van der Waals surface area contributed by atoms with Crippen LogP contribution in [0.15, 0.2) is 158 Å². The molecule has 6 aromatic heterocycles. The number of para-hydroxylation sites is 4. The molecule has 6 nitrogen and oxygen atoms in total. The topological polar surface area (TPSA) is 61.4 Å². The highest BCUT2D eigenvalue weighted by atomic mass is 15.0. The predicted octanol–water partition coefficient (Wildman–Crippen LogP) is 12.8. The molecule has 0 radical (unpaired) electrons. The average Bonchev–Trinajstić information content (AvgIpc) is 3.96. The summed E-state index contributed by atoms with van der Waals surface area (Å²) >= 11 is 0. The van der Waals surface area contributed by atoms with Gasteiger partial charge in [-0.15, -0.1) is 0 Å². The van der Waals surface area contributed by atoms with Crippen LogP contribution in [0.3, 0.4) is 0 Å². The van der Waals surface area contributed by atoms with Gasteiger partial charge >= 0.3 is 0 Å². The molecule has 10 aromatic rings. The molecule has 2 aliphatic carbocycles. The van der Waals surface area contributed by atoms with Gasteiger partial charge in [0, 0.05) is 44.8 Å². The molecule has 0 amide bonds. The van der Waals surface area contributed by atoms with Gasteiger partial charge in [0.25, 0.3) is 0 Å². The van der Waals surface area contributed by atoms with Crippen molar-refractivity contribution in [2.45, 2.75) is 52.4 Å². The number of pyridine rings is 4. The summed E-state index contributed by atoms with van der Waals surface area (Å²) in [5, 5.41) is 4.89. The molecule has 6 heteroatoms. The SMILES string of the molecule is CC(C)(C)C1(C2(C(C)(C)C)c3cccnc3-c3ncc(-n4c5ccccc5c5ccccc54)cc32)c2cccnc2-c2ncc(-n3c4ccccc4c4ccccc43)cc21. The first-order valence-electron chi connectivity index (χ1n) is 21.0. The van der Waals surface area contributed by atoms with Gasteiger partial charge in [0.2, 0.25) is 0 Å². The lowest BCUT2D eigenvalue weighted by Crippen LogP contribution is -2.62. The summed E-state index contributed by atoms with van der Waals surface area (Å²) < 4.78 is 4.79. The number of nitrogens with zero attached hydrogens (tertiary/aromatic N) is 6. The molecule has 0 spiro atoms. The molecule has 0 aliphatic heterocycles. The normalized spacial score (nSPS) is 18.3. The van der Waals surface area contributed by atoms with Gasteiger partial charge in [-0.3, -0.25) is 19.9 Å². The third-order valence-corrected chi connectivity index (χ3v) is 13.9. The van der Waals surface area contributed by atoms with Gasteiger partial charge < -0.3 is 9.13 Å². The molecule has 2 unspecified atom stereocenters. The summed E-state index contributed by atoms with van der Waals surface area (Å²) in [5.74, 6) is 0. The molecular formula is C54H44N6. The summed E-state index contributed by atoms with van der Waals surface area (Å²) in [6, 6.07) is 48.6. The Balaban J connectivity index is 1.24. The zero-order valence-electron chi connectivity index (χ0n) is 34.7. The van der Waals surface area contributed by atoms with Gasteiger partial charge in [0.1, 0.15) is 0 Å². The number of fused-ring (bicyclic) bond motifs is 12. The summed E-state index contributed by atoms with van der Waals surface area (Å²) in [6.07, 6.45) is 7.96. The molecule has 0 N–H and O–H groups in total. The van der Waals surface area contributed by atoms with E-state index in [0.717, 1.165) is 56.2 Å². The monoisotopic (exact) mass is 776 g/mol. The van der Waals surface area contributed by atoms with E-state index in [-0.39, 0.29) is 0 Å². The first kappa shape index (κ1) is 35.1. The first-order chi connectivity index (χ1) is 29.1. The molecule has 2 atom stereocenters. The van der Waals surface area contributed by atoms with E-state index in [1.54, 1.807) is 0 Å². The molecule has 0 bridgehead atoms. The average molecular weight is 777 g/mol. The van der Waals surface area contributed by atoms with Gasteiger partial charge in [0.15, 0.2) is 0 Å². The number of aromatic nitrogens is 6. The van der Waals surface area contributed by atoms with Crippen LogP contribution in [0, 0.1) is 10.8 Å². The Morgan fingerprint density at radius 2 is 0.683 bits per heavy atom. The number of rotatable bonds is 3. The second kappa shape index (κ2) is 11.9. The summed E-state index contributed by atoms with van der Waals surface area (Å²) in [7, 11) is 0. The smallest absolute Gasteiger partial charge is 0.0932 e. The van der Waals surface area contributed by atoms with Crippen molar-refractivity contribution in [3.8, 4) is 34.2 Å². The van der Waals surface area contributed by atoms with E-state index < -0.39 is 21.7 Å². The van der Waals surface area contributed by atoms with Crippen molar-refractivity contribution in [2.24, 2.45) is 10.8 Å². The van der Waals surface area contributed by atoms with Gasteiger partial charge in [-0.1, -0.05) is 126 Å². The largest absolute Gasteiger partial charge is 0.308 e. The van der Waals surface area contributed by atoms with E-state index in [1.165, 1.54) is 43.8 Å². The Labute approximate surface area is 349 Å². The van der Waals surface area contributed by atoms with Crippen LogP contribution in [-0.4, -0.2) is 29.1 Å². The number of hydrogen-bond donors (Lipinski definition) is 0. The molecule has 0 fully saturated rings. The van der Waals surface area contributed by atoms with Crippen LogP contribution in [-0.2, 0) is 10.8 Å². The molecule has 12 rings (SSSR count). The lowest BCUT2D eigenvalue weighted by atomic mass is 9.40. The van der Waals surface area contributed by atoms with Crippen LogP contribution in [0.5, 0.6) is 0 Å². The Morgan fingerprint density at radius 1 is 0.367 bits per heavy atom. The minimum absolute atomic E-state index is 0.401. The van der Waals surface area contributed by atoms with Crippen molar-refractivity contribution in [1.29, 1.82) is 0 Å². The second-order valence-corrected chi connectivity index (χ2v) is 18.7. The van der Waals surface area contributed by atoms with Gasteiger partial charge in [-0.05, 0) is 81.6 Å². The predicted molar refractivity (Wildman–Crippen MR) is 244 cm³/mol. The minimum atomic E-state index is -0.719. The molecule has 2 aliphatic rings. The highest BCUT2D eigenvalue weighted by Gasteiger charge is 2.71. The van der Waals surface area contributed by atoms with Crippen molar-refractivity contribution in [2.75, 3.05) is 0 Å². The molecule has 0 saturated heterocycles. The fraction of sp³-hybridized carbons (Fsp3) is 0.185. The third-order valence-electron chi connectivity index (χ3n) is 13.9. The fourth-order valence-electron chi connectivity index (χ4n) is 12.1. The highest BCUT2D eigenvalue weighted by molar-refractivity contribution is 6.10. The lowest BCUT2D eigenvalue weighted by molar-refractivity contribution is 0.0589. The van der Waals surface area contributed by atoms with Crippen LogP contribution in [0.2, 0.25) is 0 Å². The van der Waals surface area contributed by atoms with Crippen LogP contribution in [0.25, 0.3) is 77.8 Å². The molecule has 4 aromatic carbocycles. The number of benzene rings is 4. The Hall–Kier alpha value is -6.92. The molecule has 0 saturated carbocycles. The summed E-state index contributed by atoms with van der Waals surface area (Å²) in [6.45, 7) is 14.5. The van der Waals surface area contributed by atoms with Crippen molar-refractivity contribution in [3.63, 3.8) is 0 Å². The lowest BCUT2D eigenvalue weighted by Gasteiger charge is -2.61. The van der Waals surface area contributed by atoms with E-state index in [1.807, 2.05) is 12.4 Å². The Bertz CT molecular complexity index is 3090. The van der Waals surface area contributed by atoms with E-state index in [0.29, 0.717) is 0 Å². The van der Waals surface area contributed by atoms with E-state index in [4.69, 9.17) is 19.9 Å². The van der Waals surface area contributed by atoms with Crippen molar-refractivity contribution < 1.29 is 0 Å². The van der Waals surface area contributed by atoms with Gasteiger partial charge in [-0.25, -0.2) is 0 Å². The Kier molecular flexibility index (Phi) is 6.93. The second-order valence-electron chi connectivity index (χ2n) is 18.7. The van der Waals surface area contributed by atoms with Gasteiger partial charge in [0.05, 0.1) is 68.6 Å². The molecular weight excluding hydrogens is 733 g/mol. The maximum absolute atomic E-state index is 5.48. The Morgan fingerprint density at radius 3 is 1.02 bits per heavy atom. The summed E-state index contributed by atoms with van der Waals surface area (Å²) in [5.41, 5.74) is 12.9. The fourth-order valence-corrected chi connectivity index (χ4v) is 12.1. The quantitative estimate of drug-likeness (QED) is 0.179. The zero-order chi connectivity index (χ0) is 40.8. The van der Waals surface area contributed by atoms with Gasteiger partial charge in [-0.2, -0.15) is 0 Å². The van der Waals surface area contributed by atoms with Crippen LogP contribution >= 0.6 is 0 Å². The van der Waals surface area contributed by atoms with Crippen molar-refractivity contribution in [1.82, 2.24) is 29.1 Å². The highest BCUT2D eigenvalue weighted by Crippen LogP contribution is 2.74. The van der Waals surface area contributed by atoms with Crippen LogP contribution < -0.4 is 0 Å². The number of hydrogen-bond acceptors (Lipinski definition) is 4. The van der Waals surface area contributed by atoms with E-state index in [2.05, 4.69) is 197 Å².